The van der Waals surface area contributed by atoms with Crippen LogP contribution in [0, 0.1) is 5.21 Å². The van der Waals surface area contributed by atoms with Crippen LogP contribution < -0.4 is 4.73 Å². The van der Waals surface area contributed by atoms with Crippen molar-refractivity contribution in [3.8, 4) is 0 Å². The summed E-state index contributed by atoms with van der Waals surface area (Å²) >= 11 is 0. The van der Waals surface area contributed by atoms with Crippen molar-refractivity contribution in [3.05, 3.63) is 71.2 Å². The fourth-order valence-corrected chi connectivity index (χ4v) is 1.83. The number of rotatable bonds is 4. The third-order valence-electron chi connectivity index (χ3n) is 2.81. The maximum atomic E-state index is 11.1. The van der Waals surface area contributed by atoms with Gasteiger partial charge in [-0.25, -0.2) is 0 Å². The van der Waals surface area contributed by atoms with Crippen LogP contribution in [0.1, 0.15) is 29.8 Å². The molecule has 4 nitrogen and oxygen atoms in total. The minimum atomic E-state index is -0.860. The Balaban J connectivity index is 2.05. The zero-order valence-electron chi connectivity index (χ0n) is 9.81. The monoisotopic (exact) mass is 245 g/mol. The Labute approximate surface area is 105 Å². The van der Waals surface area contributed by atoms with Gasteiger partial charge in [-0.2, -0.15) is 4.73 Å². The fraction of sp³-hybridized carbons (Fsp3) is 0.214. The second-order valence-corrected chi connectivity index (χ2v) is 4.18. The van der Waals surface area contributed by atoms with Gasteiger partial charge in [0.15, 0.2) is 12.4 Å². The summed E-state index contributed by atoms with van der Waals surface area (Å²) in [5.74, 6) is 0. The second kappa shape index (κ2) is 5.62. The smallest absolute Gasteiger partial charge is 0.186 e. The minimum Gasteiger partial charge on any atom is -0.619 e. The summed E-state index contributed by atoms with van der Waals surface area (Å²) in [6.07, 6.45) is 1.21. The van der Waals surface area contributed by atoms with E-state index < -0.39 is 12.2 Å². The highest BCUT2D eigenvalue weighted by Gasteiger charge is 2.16. The molecule has 0 saturated heterocycles. The lowest BCUT2D eigenvalue weighted by molar-refractivity contribution is -0.606. The molecule has 0 amide bonds. The number of hydrogen-bond acceptors (Lipinski definition) is 3. The summed E-state index contributed by atoms with van der Waals surface area (Å²) in [5, 5.41) is 31.0. The van der Waals surface area contributed by atoms with Crippen LogP contribution in [0.25, 0.3) is 0 Å². The van der Waals surface area contributed by atoms with Gasteiger partial charge in [-0.05, 0) is 11.6 Å². The van der Waals surface area contributed by atoms with E-state index in [4.69, 9.17) is 0 Å². The van der Waals surface area contributed by atoms with E-state index in [1.165, 1.54) is 12.4 Å². The van der Waals surface area contributed by atoms with Crippen LogP contribution in [-0.2, 0) is 0 Å². The Morgan fingerprint density at radius 1 is 0.944 bits per heavy atom. The summed E-state index contributed by atoms with van der Waals surface area (Å²) < 4.78 is 0.632. The second-order valence-electron chi connectivity index (χ2n) is 4.18. The number of aliphatic hydroxyl groups is 2. The van der Waals surface area contributed by atoms with Crippen LogP contribution in [0.4, 0.5) is 0 Å². The van der Waals surface area contributed by atoms with Crippen molar-refractivity contribution in [1.82, 2.24) is 0 Å². The molecule has 0 spiro atoms. The topological polar surface area (TPSA) is 67.4 Å². The molecule has 94 valence electrons. The van der Waals surface area contributed by atoms with Crippen LogP contribution in [0.2, 0.25) is 0 Å². The molecule has 0 bridgehead atoms. The van der Waals surface area contributed by atoms with Crippen LogP contribution in [-0.4, -0.2) is 10.2 Å². The van der Waals surface area contributed by atoms with Crippen molar-refractivity contribution in [2.24, 2.45) is 0 Å². The molecule has 0 fully saturated rings. The lowest BCUT2D eigenvalue weighted by Crippen LogP contribution is -2.25. The minimum absolute atomic E-state index is 0.161. The van der Waals surface area contributed by atoms with Gasteiger partial charge in [0.2, 0.25) is 0 Å². The van der Waals surface area contributed by atoms with Gasteiger partial charge in [0, 0.05) is 18.1 Å². The number of aliphatic hydroxyl groups excluding tert-OH is 2. The molecule has 2 rings (SSSR count). The number of aromatic nitrogens is 1. The number of nitrogens with zero attached hydrogens (tertiary/aromatic N) is 1. The zero-order valence-corrected chi connectivity index (χ0v) is 9.81. The molecule has 2 atom stereocenters. The number of benzene rings is 1. The van der Waals surface area contributed by atoms with E-state index in [9.17, 15) is 15.4 Å². The van der Waals surface area contributed by atoms with E-state index in [0.717, 1.165) is 5.56 Å². The standard InChI is InChI=1S/C14H15NO3/c16-13(11-5-2-1-3-6-11)9-14(17)12-7-4-8-15(18)10-12/h1-8,10,13-14,16-17H,9H2. The molecule has 1 aromatic carbocycles. The van der Waals surface area contributed by atoms with Crippen molar-refractivity contribution in [2.75, 3.05) is 0 Å². The van der Waals surface area contributed by atoms with Crippen LogP contribution >= 0.6 is 0 Å². The molecule has 0 aliphatic rings. The van der Waals surface area contributed by atoms with Crippen molar-refractivity contribution in [2.45, 2.75) is 18.6 Å². The maximum absolute atomic E-state index is 11.1. The van der Waals surface area contributed by atoms with Crippen molar-refractivity contribution >= 4 is 0 Å². The summed E-state index contributed by atoms with van der Waals surface area (Å²) in [7, 11) is 0. The van der Waals surface area contributed by atoms with E-state index in [2.05, 4.69) is 0 Å². The van der Waals surface area contributed by atoms with Gasteiger partial charge in [0.25, 0.3) is 0 Å². The van der Waals surface area contributed by atoms with Crippen LogP contribution in [0.5, 0.6) is 0 Å². The quantitative estimate of drug-likeness (QED) is 0.633. The highest BCUT2D eigenvalue weighted by molar-refractivity contribution is 5.18. The maximum Gasteiger partial charge on any atom is 0.186 e. The van der Waals surface area contributed by atoms with E-state index in [1.54, 1.807) is 24.3 Å². The lowest BCUT2D eigenvalue weighted by Gasteiger charge is -2.15. The van der Waals surface area contributed by atoms with Gasteiger partial charge >= 0.3 is 0 Å². The molecule has 0 aliphatic carbocycles. The summed E-state index contributed by atoms with van der Waals surface area (Å²) in [4.78, 5) is 0. The first-order valence-electron chi connectivity index (χ1n) is 5.76. The highest BCUT2D eigenvalue weighted by atomic mass is 16.5. The van der Waals surface area contributed by atoms with E-state index in [1.807, 2.05) is 18.2 Å². The molecule has 0 saturated carbocycles. The predicted octanol–water partition coefficient (Wildman–Crippen LogP) is 1.48. The molecular weight excluding hydrogens is 230 g/mol. The molecule has 4 heteroatoms. The molecular formula is C14H15NO3. The van der Waals surface area contributed by atoms with Gasteiger partial charge in [-0.15, -0.1) is 0 Å². The first kappa shape index (κ1) is 12.5. The van der Waals surface area contributed by atoms with Crippen molar-refractivity contribution in [1.29, 1.82) is 0 Å². The average molecular weight is 245 g/mol. The summed E-state index contributed by atoms with van der Waals surface area (Å²) in [6, 6.07) is 12.4. The van der Waals surface area contributed by atoms with Gasteiger partial charge in [-0.3, -0.25) is 0 Å². The molecule has 2 aromatic rings. The summed E-state index contributed by atoms with van der Waals surface area (Å²) in [5.41, 5.74) is 1.25. The Hall–Kier alpha value is -1.91. The molecule has 0 radical (unpaired) electrons. The highest BCUT2D eigenvalue weighted by Crippen LogP contribution is 2.25. The first-order chi connectivity index (χ1) is 8.66. The number of hydrogen-bond donors (Lipinski definition) is 2. The molecule has 0 aliphatic heterocycles. The SMILES string of the molecule is [O-][n+]1cccc(C(O)CC(O)c2ccccc2)c1. The van der Waals surface area contributed by atoms with E-state index in [0.29, 0.717) is 10.3 Å². The van der Waals surface area contributed by atoms with Crippen LogP contribution in [0.3, 0.4) is 0 Å². The molecule has 1 aromatic heterocycles. The summed E-state index contributed by atoms with van der Waals surface area (Å²) in [6.45, 7) is 0. The van der Waals surface area contributed by atoms with Gasteiger partial charge in [0.05, 0.1) is 12.2 Å². The van der Waals surface area contributed by atoms with Crippen molar-refractivity contribution < 1.29 is 14.9 Å². The third-order valence-corrected chi connectivity index (χ3v) is 2.81. The van der Waals surface area contributed by atoms with E-state index in [-0.39, 0.29) is 6.42 Å². The molecule has 2 N–H and O–H groups in total. The molecule has 1 heterocycles. The Bertz CT molecular complexity index is 501. The lowest BCUT2D eigenvalue weighted by atomic mass is 10.00. The van der Waals surface area contributed by atoms with Crippen LogP contribution in [0.15, 0.2) is 54.9 Å². The average Bonchev–Trinajstić information content (AvgIpc) is 2.39. The molecule has 2 unspecified atom stereocenters. The van der Waals surface area contributed by atoms with Gasteiger partial charge in [-0.1, -0.05) is 30.3 Å². The zero-order chi connectivity index (χ0) is 13.0. The normalized spacial score (nSPS) is 14.1. The van der Waals surface area contributed by atoms with Gasteiger partial charge < -0.3 is 15.4 Å². The number of pyridine rings is 1. The Kier molecular flexibility index (Phi) is 3.92. The fourth-order valence-electron chi connectivity index (χ4n) is 1.83. The van der Waals surface area contributed by atoms with Crippen molar-refractivity contribution in [3.63, 3.8) is 0 Å². The third kappa shape index (κ3) is 3.06. The van der Waals surface area contributed by atoms with E-state index >= 15 is 0 Å². The first-order valence-corrected chi connectivity index (χ1v) is 5.76. The Morgan fingerprint density at radius 2 is 1.56 bits per heavy atom. The Morgan fingerprint density at radius 3 is 2.22 bits per heavy atom. The van der Waals surface area contributed by atoms with Gasteiger partial charge in [0.1, 0.15) is 0 Å². The molecule has 18 heavy (non-hydrogen) atoms. The largest absolute Gasteiger partial charge is 0.619 e. The predicted molar refractivity (Wildman–Crippen MR) is 66.4 cm³/mol.